The molecule has 2 aromatic heterocycles. The van der Waals surface area contributed by atoms with Crippen LogP contribution in [0, 0.1) is 5.82 Å². The Balaban J connectivity index is 1.89. The van der Waals surface area contributed by atoms with Crippen LogP contribution in [0.3, 0.4) is 0 Å². The molecule has 0 radical (unpaired) electrons. The molecule has 0 unspecified atom stereocenters. The van der Waals surface area contributed by atoms with Gasteiger partial charge in [-0.1, -0.05) is 6.07 Å². The molecule has 0 spiro atoms. The SMILES string of the molecule is O=C(Cc1ccsc1)NCCn1c(C(F)(F)F)cc(=O)c2cccc(F)c21. The molecule has 1 aromatic carbocycles. The molecular formula is C18H14F4N2O2S. The van der Waals surface area contributed by atoms with Gasteiger partial charge in [-0.2, -0.15) is 24.5 Å². The van der Waals surface area contributed by atoms with Crippen molar-refractivity contribution in [2.45, 2.75) is 19.1 Å². The smallest absolute Gasteiger partial charge is 0.354 e. The zero-order chi connectivity index (χ0) is 19.6. The Kier molecular flexibility index (Phi) is 5.31. The number of nitrogens with zero attached hydrogens (tertiary/aromatic N) is 1. The molecule has 0 aliphatic carbocycles. The summed E-state index contributed by atoms with van der Waals surface area (Å²) in [6, 6.07) is 5.75. The highest BCUT2D eigenvalue weighted by Gasteiger charge is 2.35. The Morgan fingerprint density at radius 2 is 2.00 bits per heavy atom. The Morgan fingerprint density at radius 3 is 2.67 bits per heavy atom. The van der Waals surface area contributed by atoms with Crippen LogP contribution in [0.5, 0.6) is 0 Å². The second-order valence-corrected chi connectivity index (χ2v) is 6.62. The van der Waals surface area contributed by atoms with Gasteiger partial charge in [0.25, 0.3) is 0 Å². The number of para-hydroxylation sites is 1. The minimum Gasteiger partial charge on any atom is -0.354 e. The quantitative estimate of drug-likeness (QED) is 0.668. The molecule has 0 atom stereocenters. The highest BCUT2D eigenvalue weighted by Crippen LogP contribution is 2.31. The summed E-state index contributed by atoms with van der Waals surface area (Å²) in [6.07, 6.45) is -4.73. The monoisotopic (exact) mass is 398 g/mol. The van der Waals surface area contributed by atoms with Crippen LogP contribution in [-0.2, 0) is 23.9 Å². The first kappa shape index (κ1) is 19.1. The molecule has 1 amide bonds. The number of amides is 1. The van der Waals surface area contributed by atoms with Crippen LogP contribution in [0.2, 0.25) is 0 Å². The fourth-order valence-corrected chi connectivity index (χ4v) is 3.47. The van der Waals surface area contributed by atoms with Crippen LogP contribution in [0.4, 0.5) is 17.6 Å². The Hall–Kier alpha value is -2.68. The van der Waals surface area contributed by atoms with Crippen molar-refractivity contribution in [3.05, 3.63) is 68.4 Å². The average Bonchev–Trinajstić information content (AvgIpc) is 3.09. The maximum Gasteiger partial charge on any atom is 0.431 e. The normalized spacial score (nSPS) is 11.7. The molecule has 27 heavy (non-hydrogen) atoms. The van der Waals surface area contributed by atoms with Gasteiger partial charge in [0.2, 0.25) is 5.91 Å². The van der Waals surface area contributed by atoms with E-state index in [9.17, 15) is 27.2 Å². The van der Waals surface area contributed by atoms with E-state index in [0.717, 1.165) is 11.6 Å². The van der Waals surface area contributed by atoms with E-state index >= 15 is 0 Å². The molecule has 9 heteroatoms. The number of benzene rings is 1. The predicted octanol–water partition coefficient (Wildman–Crippen LogP) is 3.58. The maximum absolute atomic E-state index is 14.2. The molecule has 3 rings (SSSR count). The molecule has 4 nitrogen and oxygen atoms in total. The minimum atomic E-state index is -4.84. The molecular weight excluding hydrogens is 384 g/mol. The molecule has 142 valence electrons. The van der Waals surface area contributed by atoms with Crippen LogP contribution in [0.15, 0.2) is 45.9 Å². The second kappa shape index (κ2) is 7.51. The number of hydrogen-bond donors (Lipinski definition) is 1. The number of alkyl halides is 3. The Morgan fingerprint density at radius 1 is 1.22 bits per heavy atom. The van der Waals surface area contributed by atoms with E-state index < -0.39 is 28.6 Å². The molecule has 0 aliphatic heterocycles. The van der Waals surface area contributed by atoms with Crippen molar-refractivity contribution in [2.75, 3.05) is 6.54 Å². The molecule has 3 aromatic rings. The summed E-state index contributed by atoms with van der Waals surface area (Å²) in [7, 11) is 0. The van der Waals surface area contributed by atoms with Gasteiger partial charge in [0.15, 0.2) is 5.43 Å². The van der Waals surface area contributed by atoms with Gasteiger partial charge in [0.1, 0.15) is 11.5 Å². The molecule has 0 bridgehead atoms. The predicted molar refractivity (Wildman–Crippen MR) is 94.2 cm³/mol. The van der Waals surface area contributed by atoms with Crippen molar-refractivity contribution in [1.29, 1.82) is 0 Å². The van der Waals surface area contributed by atoms with E-state index in [1.165, 1.54) is 23.5 Å². The summed E-state index contributed by atoms with van der Waals surface area (Å²) in [5, 5.41) is 5.99. The Bertz CT molecular complexity index is 1030. The summed E-state index contributed by atoms with van der Waals surface area (Å²) in [4.78, 5) is 23.9. The molecule has 0 aliphatic rings. The highest BCUT2D eigenvalue weighted by atomic mass is 32.1. The van der Waals surface area contributed by atoms with E-state index in [0.29, 0.717) is 10.6 Å². The van der Waals surface area contributed by atoms with Crippen molar-refractivity contribution < 1.29 is 22.4 Å². The van der Waals surface area contributed by atoms with E-state index in [2.05, 4.69) is 5.32 Å². The standard InChI is InChI=1S/C18H14F4N2O2S/c19-13-3-1-2-12-14(25)9-15(18(20,21)22)24(17(12)13)6-5-23-16(26)8-11-4-7-27-10-11/h1-4,7,9-10H,5-6,8H2,(H,23,26). The van der Waals surface area contributed by atoms with Crippen LogP contribution in [0.1, 0.15) is 11.3 Å². The molecule has 0 fully saturated rings. The topological polar surface area (TPSA) is 51.1 Å². The van der Waals surface area contributed by atoms with Gasteiger partial charge in [-0.3, -0.25) is 9.59 Å². The van der Waals surface area contributed by atoms with Gasteiger partial charge >= 0.3 is 6.18 Å². The number of carbonyl (C=O) groups is 1. The zero-order valence-corrected chi connectivity index (χ0v) is 14.7. The first-order chi connectivity index (χ1) is 12.8. The third-order valence-corrected chi connectivity index (χ3v) is 4.71. The van der Waals surface area contributed by atoms with Gasteiger partial charge < -0.3 is 9.88 Å². The number of hydrogen-bond acceptors (Lipinski definition) is 3. The lowest BCUT2D eigenvalue weighted by Gasteiger charge is -2.19. The number of pyridine rings is 1. The number of aromatic nitrogens is 1. The number of rotatable bonds is 5. The van der Waals surface area contributed by atoms with E-state index in [1.54, 1.807) is 11.4 Å². The summed E-state index contributed by atoms with van der Waals surface area (Å²) < 4.78 is 55.0. The third kappa shape index (κ3) is 4.19. The second-order valence-electron chi connectivity index (χ2n) is 5.84. The molecule has 0 saturated carbocycles. The lowest BCUT2D eigenvalue weighted by Crippen LogP contribution is -2.31. The third-order valence-electron chi connectivity index (χ3n) is 3.97. The van der Waals surface area contributed by atoms with Gasteiger partial charge in [-0.15, -0.1) is 0 Å². The van der Waals surface area contributed by atoms with E-state index in [1.807, 2.05) is 5.38 Å². The van der Waals surface area contributed by atoms with Crippen molar-refractivity contribution in [2.24, 2.45) is 0 Å². The van der Waals surface area contributed by atoms with E-state index in [-0.39, 0.29) is 30.8 Å². The summed E-state index contributed by atoms with van der Waals surface area (Å²) in [5.41, 5.74) is -1.79. The number of carbonyl (C=O) groups excluding carboxylic acids is 1. The number of thiophene rings is 1. The first-order valence-corrected chi connectivity index (χ1v) is 8.88. The lowest BCUT2D eigenvalue weighted by molar-refractivity contribution is -0.143. The van der Waals surface area contributed by atoms with Crippen LogP contribution in [0.25, 0.3) is 10.9 Å². The van der Waals surface area contributed by atoms with Crippen molar-refractivity contribution in [3.63, 3.8) is 0 Å². The molecule has 0 saturated heterocycles. The van der Waals surface area contributed by atoms with Crippen LogP contribution < -0.4 is 10.7 Å². The average molecular weight is 398 g/mol. The lowest BCUT2D eigenvalue weighted by atomic mass is 10.1. The molecule has 1 N–H and O–H groups in total. The van der Waals surface area contributed by atoms with Crippen molar-refractivity contribution in [1.82, 2.24) is 9.88 Å². The largest absolute Gasteiger partial charge is 0.431 e. The summed E-state index contributed by atoms with van der Waals surface area (Å²) in [5.74, 6) is -1.28. The van der Waals surface area contributed by atoms with Gasteiger partial charge in [-0.05, 0) is 34.5 Å². The van der Waals surface area contributed by atoms with Gasteiger partial charge in [0, 0.05) is 24.5 Å². The number of fused-ring (bicyclic) bond motifs is 1. The van der Waals surface area contributed by atoms with Crippen LogP contribution in [-0.4, -0.2) is 17.0 Å². The fourth-order valence-electron chi connectivity index (χ4n) is 2.80. The first-order valence-electron chi connectivity index (χ1n) is 7.94. The number of halogens is 4. The molecule has 2 heterocycles. The van der Waals surface area contributed by atoms with Crippen molar-refractivity contribution >= 4 is 28.1 Å². The van der Waals surface area contributed by atoms with Gasteiger partial charge in [-0.25, -0.2) is 4.39 Å². The maximum atomic E-state index is 14.2. The summed E-state index contributed by atoms with van der Waals surface area (Å²) >= 11 is 1.43. The minimum absolute atomic E-state index is 0.106. The fraction of sp³-hybridized carbons (Fsp3) is 0.222. The van der Waals surface area contributed by atoms with Crippen molar-refractivity contribution in [3.8, 4) is 0 Å². The number of nitrogens with one attached hydrogen (secondary N) is 1. The Labute approximate surface area is 155 Å². The summed E-state index contributed by atoms with van der Waals surface area (Å²) in [6.45, 7) is -0.472. The van der Waals surface area contributed by atoms with E-state index in [4.69, 9.17) is 0 Å². The highest BCUT2D eigenvalue weighted by molar-refractivity contribution is 7.08. The van der Waals surface area contributed by atoms with Crippen LogP contribution >= 0.6 is 11.3 Å². The zero-order valence-electron chi connectivity index (χ0n) is 13.8. The van der Waals surface area contributed by atoms with Gasteiger partial charge in [0.05, 0.1) is 11.9 Å².